The summed E-state index contributed by atoms with van der Waals surface area (Å²) in [7, 11) is 0. The van der Waals surface area contributed by atoms with E-state index >= 15 is 0 Å². The van der Waals surface area contributed by atoms with Gasteiger partial charge in [0.1, 0.15) is 6.04 Å². The minimum atomic E-state index is -2.72. The van der Waals surface area contributed by atoms with Crippen molar-refractivity contribution in [1.29, 1.82) is 0 Å². The van der Waals surface area contributed by atoms with E-state index in [0.29, 0.717) is 4.90 Å². The molecule has 1 N–H and O–H groups in total. The molecule has 1 unspecified atom stereocenters. The largest absolute Gasteiger partial charge is 0.480 e. The molecule has 0 aliphatic rings. The molecule has 0 aliphatic carbocycles. The lowest BCUT2D eigenvalue weighted by Gasteiger charge is -2.24. The van der Waals surface area contributed by atoms with Gasteiger partial charge in [0.25, 0.3) is 6.43 Å². The number of hydrogen-bond acceptors (Lipinski definition) is 2. The minimum absolute atomic E-state index is 0.618. The highest BCUT2D eigenvalue weighted by Gasteiger charge is 2.25. The van der Waals surface area contributed by atoms with E-state index in [-0.39, 0.29) is 0 Å². The predicted octanol–water partition coefficient (Wildman–Crippen LogP) is 0.573. The Bertz CT molecular complexity index is 208. The lowest BCUT2D eigenvalue weighted by atomic mass is 10.3. The minimum Gasteiger partial charge on any atom is -0.480 e. The Morgan fingerprint density at radius 1 is 1.46 bits per heavy atom. The quantitative estimate of drug-likeness (QED) is 0.713. The van der Waals surface area contributed by atoms with Crippen LogP contribution in [0.25, 0.3) is 0 Å². The second-order valence-corrected chi connectivity index (χ2v) is 2.58. The number of carbonyl (C=O) groups excluding carboxylic acids is 1. The molecule has 0 aromatic rings. The Kier molecular flexibility index (Phi) is 4.30. The number of amides is 1. The van der Waals surface area contributed by atoms with Gasteiger partial charge in [-0.1, -0.05) is 0 Å². The van der Waals surface area contributed by atoms with Crippen LogP contribution in [-0.2, 0) is 9.59 Å². The molecule has 6 heteroatoms. The number of hydrogen-bond donors (Lipinski definition) is 1. The summed E-state index contributed by atoms with van der Waals surface area (Å²) >= 11 is 0. The molecular weight excluding hydrogens is 184 g/mol. The molecule has 1 atom stereocenters. The van der Waals surface area contributed by atoms with Crippen LogP contribution in [0.3, 0.4) is 0 Å². The van der Waals surface area contributed by atoms with Gasteiger partial charge in [-0.25, -0.2) is 13.6 Å². The maximum atomic E-state index is 11.9. The van der Waals surface area contributed by atoms with Crippen molar-refractivity contribution in [3.05, 3.63) is 0 Å². The third-order valence-electron chi connectivity index (χ3n) is 1.56. The van der Waals surface area contributed by atoms with E-state index in [0.717, 1.165) is 6.92 Å². The number of aliphatic carboxylic acids is 1. The SMILES string of the molecule is CC(=O)N(CC(F)F)C(C)C(=O)O. The summed E-state index contributed by atoms with van der Waals surface area (Å²) in [6.45, 7) is 1.40. The van der Waals surface area contributed by atoms with Crippen molar-refractivity contribution in [2.45, 2.75) is 26.3 Å². The van der Waals surface area contributed by atoms with Gasteiger partial charge in [-0.05, 0) is 6.92 Å². The van der Waals surface area contributed by atoms with Crippen LogP contribution in [0.5, 0.6) is 0 Å². The summed E-state index contributed by atoms with van der Waals surface area (Å²) < 4.78 is 23.8. The fourth-order valence-electron chi connectivity index (χ4n) is 0.841. The van der Waals surface area contributed by atoms with Gasteiger partial charge < -0.3 is 10.0 Å². The standard InChI is InChI=1S/C7H11F2NO3/c1-4(7(12)13)10(5(2)11)3-6(8)9/h4,6H,3H2,1-2H3,(H,12,13). The van der Waals surface area contributed by atoms with Crippen LogP contribution >= 0.6 is 0 Å². The van der Waals surface area contributed by atoms with Crippen molar-refractivity contribution in [2.24, 2.45) is 0 Å². The van der Waals surface area contributed by atoms with Crippen LogP contribution < -0.4 is 0 Å². The number of nitrogens with zero attached hydrogens (tertiary/aromatic N) is 1. The molecule has 1 amide bonds. The number of halogens is 2. The lowest BCUT2D eigenvalue weighted by molar-refractivity contribution is -0.150. The van der Waals surface area contributed by atoms with Crippen LogP contribution in [0.2, 0.25) is 0 Å². The Hall–Kier alpha value is -1.20. The maximum absolute atomic E-state index is 11.9. The topological polar surface area (TPSA) is 57.6 Å². The Morgan fingerprint density at radius 2 is 1.92 bits per heavy atom. The average molecular weight is 195 g/mol. The zero-order chi connectivity index (χ0) is 10.6. The predicted molar refractivity (Wildman–Crippen MR) is 40.5 cm³/mol. The highest BCUT2D eigenvalue weighted by molar-refractivity contribution is 5.81. The van der Waals surface area contributed by atoms with Gasteiger partial charge in [0.05, 0.1) is 6.54 Å². The van der Waals surface area contributed by atoms with Gasteiger partial charge >= 0.3 is 5.97 Å². The normalized spacial score (nSPS) is 12.7. The first-order chi connectivity index (χ1) is 5.86. The first-order valence-electron chi connectivity index (χ1n) is 3.64. The van der Waals surface area contributed by atoms with Gasteiger partial charge in [-0.15, -0.1) is 0 Å². The monoisotopic (exact) mass is 195 g/mol. The number of carbonyl (C=O) groups is 2. The van der Waals surface area contributed by atoms with E-state index in [2.05, 4.69) is 0 Å². The molecule has 76 valence electrons. The van der Waals surface area contributed by atoms with Crippen LogP contribution in [0.4, 0.5) is 8.78 Å². The first-order valence-corrected chi connectivity index (χ1v) is 3.64. The molecule has 0 saturated heterocycles. The second kappa shape index (κ2) is 4.74. The third kappa shape index (κ3) is 3.82. The van der Waals surface area contributed by atoms with Gasteiger partial charge in [0, 0.05) is 6.92 Å². The molecule has 0 rings (SSSR count). The molecule has 0 radical (unpaired) electrons. The zero-order valence-corrected chi connectivity index (χ0v) is 7.33. The van der Waals surface area contributed by atoms with E-state index in [1.165, 1.54) is 6.92 Å². The Morgan fingerprint density at radius 3 is 2.15 bits per heavy atom. The van der Waals surface area contributed by atoms with Crippen molar-refractivity contribution < 1.29 is 23.5 Å². The lowest BCUT2D eigenvalue weighted by Crippen LogP contribution is -2.44. The molecule has 0 aliphatic heterocycles. The maximum Gasteiger partial charge on any atom is 0.326 e. The number of rotatable bonds is 4. The van der Waals surface area contributed by atoms with E-state index in [1.54, 1.807) is 0 Å². The number of carboxylic acid groups (broad SMARTS) is 1. The summed E-state index contributed by atoms with van der Waals surface area (Å²) in [6, 6.07) is -1.22. The summed E-state index contributed by atoms with van der Waals surface area (Å²) in [4.78, 5) is 21.8. The fourth-order valence-corrected chi connectivity index (χ4v) is 0.841. The Balaban J connectivity index is 4.42. The van der Waals surface area contributed by atoms with Crippen molar-refractivity contribution in [2.75, 3.05) is 6.54 Å². The van der Waals surface area contributed by atoms with Gasteiger partial charge in [-0.3, -0.25) is 4.79 Å². The number of alkyl halides is 2. The van der Waals surface area contributed by atoms with Crippen LogP contribution in [-0.4, -0.2) is 40.9 Å². The molecule has 0 aromatic heterocycles. The third-order valence-corrected chi connectivity index (χ3v) is 1.56. The number of carboxylic acids is 1. The van der Waals surface area contributed by atoms with Gasteiger partial charge in [0.2, 0.25) is 5.91 Å². The van der Waals surface area contributed by atoms with Crippen LogP contribution in [0.1, 0.15) is 13.8 Å². The summed E-state index contributed by atoms with van der Waals surface area (Å²) in [5, 5.41) is 8.48. The van der Waals surface area contributed by atoms with E-state index in [4.69, 9.17) is 5.11 Å². The molecule has 0 spiro atoms. The highest BCUT2D eigenvalue weighted by Crippen LogP contribution is 2.04. The smallest absolute Gasteiger partial charge is 0.326 e. The summed E-state index contributed by atoms with van der Waals surface area (Å²) in [5.74, 6) is -1.97. The van der Waals surface area contributed by atoms with Crippen molar-refractivity contribution >= 4 is 11.9 Å². The van der Waals surface area contributed by atoms with Crippen LogP contribution in [0, 0.1) is 0 Å². The molecule has 0 aromatic carbocycles. The second-order valence-electron chi connectivity index (χ2n) is 2.58. The fraction of sp³-hybridized carbons (Fsp3) is 0.714. The first kappa shape index (κ1) is 11.8. The molecule has 0 fully saturated rings. The van der Waals surface area contributed by atoms with E-state index < -0.39 is 30.9 Å². The van der Waals surface area contributed by atoms with E-state index in [9.17, 15) is 18.4 Å². The average Bonchev–Trinajstić information content (AvgIpc) is 1.97. The zero-order valence-electron chi connectivity index (χ0n) is 7.33. The highest BCUT2D eigenvalue weighted by atomic mass is 19.3. The Labute approximate surface area is 74.1 Å². The summed E-state index contributed by atoms with van der Waals surface area (Å²) in [5.41, 5.74) is 0. The molecule has 0 heterocycles. The van der Waals surface area contributed by atoms with Crippen molar-refractivity contribution in [1.82, 2.24) is 4.90 Å². The molecule has 4 nitrogen and oxygen atoms in total. The van der Waals surface area contributed by atoms with Crippen molar-refractivity contribution in [3.63, 3.8) is 0 Å². The van der Waals surface area contributed by atoms with Gasteiger partial charge in [-0.2, -0.15) is 0 Å². The molecule has 13 heavy (non-hydrogen) atoms. The van der Waals surface area contributed by atoms with E-state index in [1.807, 2.05) is 0 Å². The molecular formula is C7H11F2NO3. The molecule has 0 bridgehead atoms. The van der Waals surface area contributed by atoms with Gasteiger partial charge in [0.15, 0.2) is 0 Å². The van der Waals surface area contributed by atoms with Crippen molar-refractivity contribution in [3.8, 4) is 0 Å². The summed E-state index contributed by atoms with van der Waals surface area (Å²) in [6.07, 6.45) is -2.72. The molecule has 0 saturated carbocycles. The van der Waals surface area contributed by atoms with Crippen LogP contribution in [0.15, 0.2) is 0 Å².